The lowest BCUT2D eigenvalue weighted by Crippen LogP contribution is -2.13. The molecule has 1 heterocycles. The Labute approximate surface area is 176 Å². The van der Waals surface area contributed by atoms with Crippen LogP contribution in [0.4, 0.5) is 15.2 Å². The van der Waals surface area contributed by atoms with Crippen molar-refractivity contribution in [3.05, 3.63) is 69.9 Å². The van der Waals surface area contributed by atoms with E-state index in [2.05, 4.69) is 15.0 Å². The van der Waals surface area contributed by atoms with Gasteiger partial charge in [-0.3, -0.25) is 9.52 Å². The second-order valence-corrected chi connectivity index (χ2v) is 9.16. The van der Waals surface area contributed by atoms with Crippen LogP contribution in [0.2, 0.25) is 5.02 Å². The van der Waals surface area contributed by atoms with Gasteiger partial charge < -0.3 is 5.32 Å². The zero-order chi connectivity index (χ0) is 21.0. The minimum absolute atomic E-state index is 0.0632. The number of hydrogen-bond acceptors (Lipinski definition) is 5. The Morgan fingerprint density at radius 2 is 1.93 bits per heavy atom. The third-order valence-corrected chi connectivity index (χ3v) is 6.66. The zero-order valence-electron chi connectivity index (χ0n) is 15.3. The fourth-order valence-electron chi connectivity index (χ4n) is 2.39. The van der Waals surface area contributed by atoms with Crippen molar-refractivity contribution in [2.45, 2.75) is 24.7 Å². The number of hydrogen-bond donors (Lipinski definition) is 2. The third-order valence-electron chi connectivity index (χ3n) is 3.96. The maximum absolute atomic E-state index is 13.0. The van der Waals surface area contributed by atoms with Crippen LogP contribution in [0.15, 0.2) is 52.7 Å². The summed E-state index contributed by atoms with van der Waals surface area (Å²) in [5.41, 5.74) is 2.11. The van der Waals surface area contributed by atoms with Crippen LogP contribution in [0.25, 0.3) is 0 Å². The number of rotatable bonds is 7. The summed E-state index contributed by atoms with van der Waals surface area (Å²) in [4.78, 5) is 16.2. The highest BCUT2D eigenvalue weighted by Crippen LogP contribution is 2.22. The molecule has 29 heavy (non-hydrogen) atoms. The first-order chi connectivity index (χ1) is 13.7. The van der Waals surface area contributed by atoms with Crippen LogP contribution in [0.5, 0.6) is 0 Å². The lowest BCUT2D eigenvalue weighted by atomic mass is 10.2. The molecule has 0 saturated carbocycles. The molecule has 0 unspecified atom stereocenters. The molecule has 0 radical (unpaired) electrons. The summed E-state index contributed by atoms with van der Waals surface area (Å²) in [6.07, 6.45) is 0.527. The molecule has 2 N–H and O–H groups in total. The number of anilines is 2. The molecule has 3 aromatic rings. The number of sulfonamides is 1. The summed E-state index contributed by atoms with van der Waals surface area (Å²) in [5, 5.41) is 5.19. The van der Waals surface area contributed by atoms with Crippen molar-refractivity contribution >= 4 is 49.7 Å². The first-order valence-corrected chi connectivity index (χ1v) is 11.3. The number of thiazole rings is 1. The van der Waals surface area contributed by atoms with Gasteiger partial charge in [0.05, 0.1) is 10.6 Å². The molecular formula is C19H17ClFN3O3S2. The van der Waals surface area contributed by atoms with Gasteiger partial charge in [-0.1, -0.05) is 17.7 Å². The average molecular weight is 454 g/mol. The van der Waals surface area contributed by atoms with Crippen molar-refractivity contribution in [2.24, 2.45) is 0 Å². The van der Waals surface area contributed by atoms with Gasteiger partial charge in [0.15, 0.2) is 5.13 Å². The first kappa shape index (κ1) is 21.2. The standard InChI is InChI=1S/C19H17ClFN3O3S2/c1-12-2-5-14(10-17(12)20)22-18(25)9-6-15-11-28-19(23-15)24-29(26,27)16-7-3-13(21)4-8-16/h2-5,7-8,10-11H,6,9H2,1H3,(H,22,25)(H,23,24). The average Bonchev–Trinajstić information content (AvgIpc) is 3.10. The van der Waals surface area contributed by atoms with Gasteiger partial charge in [0, 0.05) is 22.5 Å². The summed E-state index contributed by atoms with van der Waals surface area (Å²) in [7, 11) is -3.86. The monoisotopic (exact) mass is 453 g/mol. The van der Waals surface area contributed by atoms with Gasteiger partial charge >= 0.3 is 0 Å². The highest BCUT2D eigenvalue weighted by molar-refractivity contribution is 7.93. The van der Waals surface area contributed by atoms with E-state index < -0.39 is 15.8 Å². The number of benzene rings is 2. The minimum atomic E-state index is -3.86. The predicted molar refractivity (Wildman–Crippen MR) is 112 cm³/mol. The number of nitrogens with zero attached hydrogens (tertiary/aromatic N) is 1. The molecule has 0 aliphatic heterocycles. The highest BCUT2D eigenvalue weighted by atomic mass is 35.5. The third kappa shape index (κ3) is 5.75. The summed E-state index contributed by atoms with van der Waals surface area (Å²) in [5.74, 6) is -0.724. The molecule has 0 atom stereocenters. The van der Waals surface area contributed by atoms with Crippen LogP contribution in [-0.4, -0.2) is 19.3 Å². The summed E-state index contributed by atoms with van der Waals surface area (Å²) in [6, 6.07) is 9.76. The van der Waals surface area contributed by atoms with E-state index >= 15 is 0 Å². The first-order valence-electron chi connectivity index (χ1n) is 8.52. The lowest BCUT2D eigenvalue weighted by Gasteiger charge is -2.06. The highest BCUT2D eigenvalue weighted by Gasteiger charge is 2.16. The second-order valence-electron chi connectivity index (χ2n) is 6.22. The van der Waals surface area contributed by atoms with Gasteiger partial charge in [0.2, 0.25) is 5.91 Å². The van der Waals surface area contributed by atoms with E-state index in [1.807, 2.05) is 13.0 Å². The van der Waals surface area contributed by atoms with Crippen molar-refractivity contribution in [2.75, 3.05) is 10.0 Å². The molecular weight excluding hydrogens is 437 g/mol. The number of carbonyl (C=O) groups excluding carboxylic acids is 1. The molecule has 0 aliphatic rings. The Bertz CT molecular complexity index is 1130. The molecule has 0 saturated heterocycles. The Balaban J connectivity index is 1.56. The molecule has 152 valence electrons. The Morgan fingerprint density at radius 1 is 1.21 bits per heavy atom. The Hall–Kier alpha value is -2.49. The topological polar surface area (TPSA) is 88.2 Å². The van der Waals surface area contributed by atoms with E-state index in [0.29, 0.717) is 22.8 Å². The number of halogens is 2. The van der Waals surface area contributed by atoms with Gasteiger partial charge in [-0.15, -0.1) is 11.3 Å². The van der Waals surface area contributed by atoms with Crippen molar-refractivity contribution in [3.8, 4) is 0 Å². The van der Waals surface area contributed by atoms with Gasteiger partial charge in [-0.2, -0.15) is 0 Å². The lowest BCUT2D eigenvalue weighted by molar-refractivity contribution is -0.116. The van der Waals surface area contributed by atoms with Crippen molar-refractivity contribution in [1.82, 2.24) is 4.98 Å². The smallest absolute Gasteiger partial charge is 0.263 e. The molecule has 0 spiro atoms. The van der Waals surface area contributed by atoms with E-state index in [9.17, 15) is 17.6 Å². The molecule has 6 nitrogen and oxygen atoms in total. The van der Waals surface area contributed by atoms with Crippen LogP contribution in [-0.2, 0) is 21.2 Å². The van der Waals surface area contributed by atoms with Gasteiger partial charge in [-0.05, 0) is 55.3 Å². The maximum atomic E-state index is 13.0. The minimum Gasteiger partial charge on any atom is -0.326 e. The maximum Gasteiger partial charge on any atom is 0.263 e. The number of amides is 1. The van der Waals surface area contributed by atoms with E-state index in [4.69, 9.17) is 11.6 Å². The van der Waals surface area contributed by atoms with Crippen molar-refractivity contribution in [1.29, 1.82) is 0 Å². The van der Waals surface area contributed by atoms with Gasteiger partial charge in [-0.25, -0.2) is 17.8 Å². The summed E-state index contributed by atoms with van der Waals surface area (Å²) in [6.45, 7) is 1.87. The quantitative estimate of drug-likeness (QED) is 0.546. The van der Waals surface area contributed by atoms with Crippen LogP contribution >= 0.6 is 22.9 Å². The molecule has 1 amide bonds. The number of aryl methyl sites for hydroxylation is 2. The largest absolute Gasteiger partial charge is 0.326 e. The van der Waals surface area contributed by atoms with Gasteiger partial charge in [0.1, 0.15) is 5.82 Å². The predicted octanol–water partition coefficient (Wildman–Crippen LogP) is 4.62. The second kappa shape index (κ2) is 8.89. The molecule has 1 aromatic heterocycles. The molecule has 0 bridgehead atoms. The Morgan fingerprint density at radius 3 is 2.62 bits per heavy atom. The van der Waals surface area contributed by atoms with Crippen LogP contribution in [0.3, 0.4) is 0 Å². The van der Waals surface area contributed by atoms with Gasteiger partial charge in [0.25, 0.3) is 10.0 Å². The van der Waals surface area contributed by atoms with Crippen molar-refractivity contribution in [3.63, 3.8) is 0 Å². The number of carbonyl (C=O) groups is 1. The number of nitrogens with one attached hydrogen (secondary N) is 2. The van der Waals surface area contributed by atoms with Crippen LogP contribution < -0.4 is 10.0 Å². The normalized spacial score (nSPS) is 11.3. The SMILES string of the molecule is Cc1ccc(NC(=O)CCc2csc(NS(=O)(=O)c3ccc(F)cc3)n2)cc1Cl. The summed E-state index contributed by atoms with van der Waals surface area (Å²) >= 11 is 7.15. The Kier molecular flexibility index (Phi) is 6.51. The number of aromatic nitrogens is 1. The molecule has 3 rings (SSSR count). The van der Waals surface area contributed by atoms with E-state index in [1.165, 1.54) is 12.1 Å². The zero-order valence-corrected chi connectivity index (χ0v) is 17.7. The molecule has 2 aromatic carbocycles. The fraction of sp³-hybridized carbons (Fsp3) is 0.158. The van der Waals surface area contributed by atoms with Crippen LogP contribution in [0, 0.1) is 12.7 Å². The van der Waals surface area contributed by atoms with Crippen molar-refractivity contribution < 1.29 is 17.6 Å². The van der Waals surface area contributed by atoms with E-state index in [-0.39, 0.29) is 22.4 Å². The van der Waals surface area contributed by atoms with E-state index in [0.717, 1.165) is 29.0 Å². The summed E-state index contributed by atoms with van der Waals surface area (Å²) < 4.78 is 39.9. The molecule has 0 fully saturated rings. The molecule has 0 aliphatic carbocycles. The van der Waals surface area contributed by atoms with Crippen LogP contribution in [0.1, 0.15) is 17.7 Å². The molecule has 10 heteroatoms. The van der Waals surface area contributed by atoms with E-state index in [1.54, 1.807) is 17.5 Å². The fourth-order valence-corrected chi connectivity index (χ4v) is 4.57.